The lowest BCUT2D eigenvalue weighted by Gasteiger charge is -2.00. The van der Waals surface area contributed by atoms with Gasteiger partial charge in [0, 0.05) is 5.56 Å². The molecule has 1 aromatic carbocycles. The largest absolute Gasteiger partial charge is 0.288 e. The van der Waals surface area contributed by atoms with Crippen LogP contribution >= 0.6 is 11.6 Å². The zero-order valence-corrected chi connectivity index (χ0v) is 7.19. The third-order valence-electron chi connectivity index (χ3n) is 1.57. The molecule has 11 heavy (non-hydrogen) atoms. The van der Waals surface area contributed by atoms with Crippen LogP contribution in [0.3, 0.4) is 0 Å². The van der Waals surface area contributed by atoms with Gasteiger partial charge in [-0.3, -0.25) is 5.11 Å². The van der Waals surface area contributed by atoms with Gasteiger partial charge < -0.3 is 0 Å². The highest BCUT2D eigenvalue weighted by molar-refractivity contribution is 6.32. The van der Waals surface area contributed by atoms with E-state index in [4.69, 9.17) is 11.6 Å². The van der Waals surface area contributed by atoms with Crippen LogP contribution in [0.4, 0.5) is 0 Å². The molecule has 1 rings (SSSR count). The zero-order valence-electron chi connectivity index (χ0n) is 6.43. The van der Waals surface area contributed by atoms with Gasteiger partial charge >= 0.3 is 0 Å². The molecule has 0 heterocycles. The average Bonchev–Trinajstić information content (AvgIpc) is 1.99. The van der Waals surface area contributed by atoms with E-state index in [2.05, 4.69) is 0 Å². The molecule has 0 N–H and O–H groups in total. The quantitative estimate of drug-likeness (QED) is 0.647. The summed E-state index contributed by atoms with van der Waals surface area (Å²) in [5.41, 5.74) is 0.819. The number of aryl methyl sites for hydroxylation is 1. The van der Waals surface area contributed by atoms with E-state index < -0.39 is 0 Å². The summed E-state index contributed by atoms with van der Waals surface area (Å²) in [4.78, 5) is 0. The molecule has 59 valence electrons. The van der Waals surface area contributed by atoms with Crippen molar-refractivity contribution < 1.29 is 5.11 Å². The number of hydrogen-bond donors (Lipinski definition) is 0. The van der Waals surface area contributed by atoms with Crippen LogP contribution in [-0.4, -0.2) is 0 Å². The van der Waals surface area contributed by atoms with E-state index in [1.807, 2.05) is 19.1 Å². The first-order valence-electron chi connectivity index (χ1n) is 3.70. The molecule has 1 nitrogen and oxygen atoms in total. The second kappa shape index (κ2) is 3.63. The maximum Gasteiger partial charge on any atom is 0.200 e. The van der Waals surface area contributed by atoms with Crippen LogP contribution in [0, 0.1) is 0 Å². The zero-order chi connectivity index (χ0) is 8.27. The van der Waals surface area contributed by atoms with Crippen LogP contribution in [0.5, 0.6) is 5.75 Å². The molecule has 2 heteroatoms. The Hall–Kier alpha value is -0.690. The van der Waals surface area contributed by atoms with Crippen molar-refractivity contribution in [1.82, 2.24) is 0 Å². The van der Waals surface area contributed by atoms with Crippen molar-refractivity contribution in [2.24, 2.45) is 0 Å². The fourth-order valence-corrected chi connectivity index (χ4v) is 1.21. The molecule has 0 aromatic heterocycles. The molecule has 0 spiro atoms. The fraction of sp³-hybridized carbons (Fsp3) is 0.333. The van der Waals surface area contributed by atoms with Crippen LogP contribution in [0.1, 0.15) is 18.9 Å². The second-order valence-electron chi connectivity index (χ2n) is 2.48. The highest BCUT2D eigenvalue weighted by Crippen LogP contribution is 2.28. The first kappa shape index (κ1) is 8.41. The smallest absolute Gasteiger partial charge is 0.200 e. The standard InChI is InChI=1S/C9H10ClO/c1-2-4-7-5-3-6-8(10)9(7)11/h3,5-6H,2,4H2,1H3. The molecule has 0 bridgehead atoms. The molecule has 1 radical (unpaired) electrons. The van der Waals surface area contributed by atoms with Crippen LogP contribution < -0.4 is 0 Å². The molecule has 0 aliphatic carbocycles. The lowest BCUT2D eigenvalue weighted by Crippen LogP contribution is -1.82. The SMILES string of the molecule is CCCc1cccc(Cl)c1[O]. The Bertz CT molecular complexity index is 245. The van der Waals surface area contributed by atoms with Crippen LogP contribution in [-0.2, 0) is 11.5 Å². The van der Waals surface area contributed by atoms with Gasteiger partial charge in [-0.1, -0.05) is 37.1 Å². The maximum absolute atomic E-state index is 11.2. The van der Waals surface area contributed by atoms with E-state index >= 15 is 0 Å². The Morgan fingerprint density at radius 3 is 2.82 bits per heavy atom. The van der Waals surface area contributed by atoms with Gasteiger partial charge in [0.25, 0.3) is 0 Å². The molecule has 0 aliphatic heterocycles. The molecular weight excluding hydrogens is 160 g/mol. The minimum atomic E-state index is -0.0176. The number of benzene rings is 1. The lowest BCUT2D eigenvalue weighted by atomic mass is 10.1. The van der Waals surface area contributed by atoms with Crippen molar-refractivity contribution >= 4 is 11.6 Å². The predicted molar refractivity (Wildman–Crippen MR) is 45.6 cm³/mol. The third-order valence-corrected chi connectivity index (χ3v) is 1.87. The summed E-state index contributed by atoms with van der Waals surface area (Å²) in [6.07, 6.45) is 1.80. The fourth-order valence-electron chi connectivity index (χ4n) is 1.02. The van der Waals surface area contributed by atoms with E-state index in [1.165, 1.54) is 0 Å². The monoisotopic (exact) mass is 169 g/mol. The summed E-state index contributed by atoms with van der Waals surface area (Å²) in [5, 5.41) is 11.6. The number of hydrogen-bond acceptors (Lipinski definition) is 0. The van der Waals surface area contributed by atoms with Gasteiger partial charge in [-0.15, -0.1) is 0 Å². The van der Waals surface area contributed by atoms with E-state index in [0.717, 1.165) is 18.4 Å². The van der Waals surface area contributed by atoms with Gasteiger partial charge in [-0.2, -0.15) is 0 Å². The van der Waals surface area contributed by atoms with E-state index in [9.17, 15) is 5.11 Å². The van der Waals surface area contributed by atoms with Crippen molar-refractivity contribution in [1.29, 1.82) is 0 Å². The first-order valence-corrected chi connectivity index (χ1v) is 4.08. The minimum Gasteiger partial charge on any atom is -0.288 e. The van der Waals surface area contributed by atoms with Crippen molar-refractivity contribution in [2.75, 3.05) is 0 Å². The topological polar surface area (TPSA) is 19.9 Å². The van der Waals surface area contributed by atoms with E-state index in [0.29, 0.717) is 5.02 Å². The third kappa shape index (κ3) is 1.87. The highest BCUT2D eigenvalue weighted by Gasteiger charge is 2.04. The van der Waals surface area contributed by atoms with Crippen molar-refractivity contribution in [3.05, 3.63) is 28.8 Å². The second-order valence-corrected chi connectivity index (χ2v) is 2.89. The van der Waals surface area contributed by atoms with Crippen molar-refractivity contribution in [3.63, 3.8) is 0 Å². The van der Waals surface area contributed by atoms with Crippen LogP contribution in [0.15, 0.2) is 18.2 Å². The molecule has 0 fully saturated rings. The van der Waals surface area contributed by atoms with Gasteiger partial charge in [-0.05, 0) is 12.5 Å². The van der Waals surface area contributed by atoms with Crippen LogP contribution in [0.25, 0.3) is 0 Å². The normalized spacial score (nSPS) is 10.0. The highest BCUT2D eigenvalue weighted by atomic mass is 35.5. The van der Waals surface area contributed by atoms with E-state index in [-0.39, 0.29) is 5.75 Å². The van der Waals surface area contributed by atoms with Gasteiger partial charge in [0.1, 0.15) is 0 Å². The maximum atomic E-state index is 11.2. The number of halogens is 1. The predicted octanol–water partition coefficient (Wildman–Crippen LogP) is 3.44. The Morgan fingerprint density at radius 2 is 2.18 bits per heavy atom. The van der Waals surface area contributed by atoms with Gasteiger partial charge in [0.05, 0.1) is 5.02 Å². The minimum absolute atomic E-state index is 0.0176. The summed E-state index contributed by atoms with van der Waals surface area (Å²) in [7, 11) is 0. The van der Waals surface area contributed by atoms with Crippen LogP contribution in [0.2, 0.25) is 5.02 Å². The Balaban J connectivity index is 2.96. The summed E-state index contributed by atoms with van der Waals surface area (Å²) < 4.78 is 0. The van der Waals surface area contributed by atoms with Gasteiger partial charge in [0.15, 0.2) is 5.75 Å². The summed E-state index contributed by atoms with van der Waals surface area (Å²) in [6.45, 7) is 2.04. The molecule has 0 saturated heterocycles. The molecule has 1 aromatic rings. The Labute approximate surface area is 71.6 Å². The average molecular weight is 170 g/mol. The molecule has 0 aliphatic rings. The molecular formula is C9H10ClO. The van der Waals surface area contributed by atoms with E-state index in [1.54, 1.807) is 6.07 Å². The van der Waals surface area contributed by atoms with Crippen molar-refractivity contribution in [3.8, 4) is 5.75 Å². The Kier molecular flexibility index (Phi) is 2.77. The van der Waals surface area contributed by atoms with Crippen molar-refractivity contribution in [2.45, 2.75) is 19.8 Å². The summed E-state index contributed by atoms with van der Waals surface area (Å²) in [5.74, 6) is -0.0176. The first-order chi connectivity index (χ1) is 5.25. The van der Waals surface area contributed by atoms with Gasteiger partial charge in [-0.25, -0.2) is 0 Å². The number of para-hydroxylation sites is 1. The summed E-state index contributed by atoms with van der Waals surface area (Å²) >= 11 is 5.64. The molecule has 0 saturated carbocycles. The Morgan fingerprint density at radius 1 is 1.45 bits per heavy atom. The lowest BCUT2D eigenvalue weighted by molar-refractivity contribution is 0.350. The van der Waals surface area contributed by atoms with Gasteiger partial charge in [0.2, 0.25) is 0 Å². The molecule has 0 atom stereocenters. The summed E-state index contributed by atoms with van der Waals surface area (Å²) in [6, 6.07) is 5.27. The molecule has 0 amide bonds. The number of rotatable bonds is 2. The molecule has 0 unspecified atom stereocenters.